The van der Waals surface area contributed by atoms with E-state index in [1.165, 1.54) is 0 Å². The first-order valence-corrected chi connectivity index (χ1v) is 5.63. The van der Waals surface area contributed by atoms with Gasteiger partial charge in [0.15, 0.2) is 0 Å². The van der Waals surface area contributed by atoms with Crippen LogP contribution in [-0.2, 0) is 9.47 Å². The van der Waals surface area contributed by atoms with Crippen molar-refractivity contribution in [2.45, 2.75) is 19.9 Å². The van der Waals surface area contributed by atoms with Crippen LogP contribution in [0.5, 0.6) is 0 Å². The lowest BCUT2D eigenvalue weighted by Gasteiger charge is -2.33. The van der Waals surface area contributed by atoms with Gasteiger partial charge in [-0.2, -0.15) is 0 Å². The van der Waals surface area contributed by atoms with Crippen LogP contribution in [-0.4, -0.2) is 58.0 Å². The summed E-state index contributed by atoms with van der Waals surface area (Å²) in [5.74, 6) is 0.455. The fourth-order valence-electron chi connectivity index (χ4n) is 1.88. The first kappa shape index (κ1) is 14.8. The summed E-state index contributed by atoms with van der Waals surface area (Å²) in [6, 6.07) is 0.380. The number of hydrogen-bond acceptors (Lipinski definition) is 4. The van der Waals surface area contributed by atoms with Crippen molar-refractivity contribution in [3.05, 3.63) is 0 Å². The molecule has 0 spiro atoms. The van der Waals surface area contributed by atoms with E-state index < -0.39 is 0 Å². The summed E-state index contributed by atoms with van der Waals surface area (Å²) < 4.78 is 10.3. The molecular formula is C11H26N2O2. The Labute approximate surface area is 93.7 Å². The van der Waals surface area contributed by atoms with E-state index in [1.807, 2.05) is 0 Å². The normalized spacial score (nSPS) is 15.6. The lowest BCUT2D eigenvalue weighted by molar-refractivity contribution is 0.0683. The van der Waals surface area contributed by atoms with Crippen molar-refractivity contribution in [2.24, 2.45) is 11.7 Å². The molecule has 0 amide bonds. The topological polar surface area (TPSA) is 47.7 Å². The van der Waals surface area contributed by atoms with Crippen molar-refractivity contribution in [1.29, 1.82) is 0 Å². The Morgan fingerprint density at radius 1 is 1.27 bits per heavy atom. The largest absolute Gasteiger partial charge is 0.384 e. The zero-order chi connectivity index (χ0) is 11.7. The predicted octanol–water partition coefficient (Wildman–Crippen LogP) is 0.565. The van der Waals surface area contributed by atoms with Crippen LogP contribution in [0.25, 0.3) is 0 Å². The Hall–Kier alpha value is -0.160. The monoisotopic (exact) mass is 218 g/mol. The van der Waals surface area contributed by atoms with Gasteiger partial charge >= 0.3 is 0 Å². The van der Waals surface area contributed by atoms with E-state index >= 15 is 0 Å². The van der Waals surface area contributed by atoms with E-state index in [0.717, 1.165) is 26.3 Å². The molecule has 0 aromatic rings. The second-order valence-electron chi connectivity index (χ2n) is 3.86. The van der Waals surface area contributed by atoms with E-state index in [9.17, 15) is 0 Å². The van der Waals surface area contributed by atoms with Crippen molar-refractivity contribution in [1.82, 2.24) is 4.90 Å². The van der Waals surface area contributed by atoms with E-state index in [-0.39, 0.29) is 0 Å². The van der Waals surface area contributed by atoms with E-state index in [1.54, 1.807) is 14.2 Å². The average molecular weight is 218 g/mol. The van der Waals surface area contributed by atoms with Crippen LogP contribution in [0.4, 0.5) is 0 Å². The third kappa shape index (κ3) is 5.47. The zero-order valence-electron chi connectivity index (χ0n) is 10.5. The summed E-state index contributed by atoms with van der Waals surface area (Å²) in [4.78, 5) is 2.35. The number of nitrogens with two attached hydrogens (primary N) is 1. The highest BCUT2D eigenvalue weighted by molar-refractivity contribution is 4.77. The molecule has 0 aromatic heterocycles. The number of likely N-dealkylation sites (N-methyl/N-ethyl adjacent to an activating group) is 1. The molecule has 2 N–H and O–H groups in total. The van der Waals surface area contributed by atoms with Gasteiger partial charge in [0, 0.05) is 33.4 Å². The first-order valence-electron chi connectivity index (χ1n) is 5.63. The van der Waals surface area contributed by atoms with Crippen LogP contribution in [0.3, 0.4) is 0 Å². The van der Waals surface area contributed by atoms with Gasteiger partial charge in [0.2, 0.25) is 0 Å². The van der Waals surface area contributed by atoms with E-state index in [2.05, 4.69) is 18.7 Å². The standard InChI is InChI=1S/C11H26N2O2/c1-5-13(6-7-14-3)11(8-12)10(2)9-15-4/h10-11H,5-9,12H2,1-4H3. The molecule has 0 saturated carbocycles. The van der Waals surface area contributed by atoms with Crippen LogP contribution < -0.4 is 5.73 Å². The number of nitrogens with zero attached hydrogens (tertiary/aromatic N) is 1. The lowest BCUT2D eigenvalue weighted by Crippen LogP contribution is -2.47. The highest BCUT2D eigenvalue weighted by Crippen LogP contribution is 2.10. The fraction of sp³-hybridized carbons (Fsp3) is 1.00. The molecule has 2 unspecified atom stereocenters. The van der Waals surface area contributed by atoms with Gasteiger partial charge in [-0.15, -0.1) is 0 Å². The third-order valence-electron chi connectivity index (χ3n) is 2.79. The van der Waals surface area contributed by atoms with Gasteiger partial charge in [0.05, 0.1) is 13.2 Å². The highest BCUT2D eigenvalue weighted by Gasteiger charge is 2.21. The van der Waals surface area contributed by atoms with Crippen LogP contribution in [0.15, 0.2) is 0 Å². The molecule has 92 valence electrons. The molecule has 0 rings (SSSR count). The second-order valence-corrected chi connectivity index (χ2v) is 3.86. The Morgan fingerprint density at radius 3 is 2.33 bits per heavy atom. The van der Waals surface area contributed by atoms with Crippen molar-refractivity contribution >= 4 is 0 Å². The molecule has 0 aliphatic rings. The molecule has 4 heteroatoms. The first-order chi connectivity index (χ1) is 7.21. The summed E-state index contributed by atoms with van der Waals surface area (Å²) >= 11 is 0. The summed E-state index contributed by atoms with van der Waals surface area (Å²) in [5, 5.41) is 0. The summed E-state index contributed by atoms with van der Waals surface area (Å²) in [5.41, 5.74) is 5.81. The summed E-state index contributed by atoms with van der Waals surface area (Å²) in [7, 11) is 3.46. The molecule has 0 fully saturated rings. The van der Waals surface area contributed by atoms with Gasteiger partial charge in [-0.05, 0) is 12.5 Å². The number of ether oxygens (including phenoxy) is 2. The van der Waals surface area contributed by atoms with E-state index in [0.29, 0.717) is 18.5 Å². The number of rotatable bonds is 9. The molecule has 0 aromatic carbocycles. The minimum Gasteiger partial charge on any atom is -0.384 e. The second kappa shape index (κ2) is 9.09. The smallest absolute Gasteiger partial charge is 0.0589 e. The maximum atomic E-state index is 5.81. The quantitative estimate of drug-likeness (QED) is 0.614. The SMILES string of the molecule is CCN(CCOC)C(CN)C(C)COC. The maximum absolute atomic E-state index is 5.81. The van der Waals surface area contributed by atoms with Gasteiger partial charge in [-0.25, -0.2) is 0 Å². The zero-order valence-corrected chi connectivity index (χ0v) is 10.5. The highest BCUT2D eigenvalue weighted by atomic mass is 16.5. The molecule has 15 heavy (non-hydrogen) atoms. The molecule has 0 bridgehead atoms. The van der Waals surface area contributed by atoms with Gasteiger partial charge in [0.1, 0.15) is 0 Å². The minimum absolute atomic E-state index is 0.380. The molecular weight excluding hydrogens is 192 g/mol. The predicted molar refractivity (Wildman–Crippen MR) is 63.0 cm³/mol. The molecule has 4 nitrogen and oxygen atoms in total. The van der Waals surface area contributed by atoms with Crippen molar-refractivity contribution < 1.29 is 9.47 Å². The van der Waals surface area contributed by atoms with Crippen LogP contribution in [0.1, 0.15) is 13.8 Å². The van der Waals surface area contributed by atoms with Crippen molar-refractivity contribution in [2.75, 3.05) is 47.1 Å². The van der Waals surface area contributed by atoms with Gasteiger partial charge in [-0.1, -0.05) is 13.8 Å². The molecule has 0 aliphatic heterocycles. The molecule has 2 atom stereocenters. The molecule has 0 aliphatic carbocycles. The van der Waals surface area contributed by atoms with Crippen LogP contribution in [0, 0.1) is 5.92 Å². The Morgan fingerprint density at radius 2 is 1.93 bits per heavy atom. The fourth-order valence-corrected chi connectivity index (χ4v) is 1.88. The van der Waals surface area contributed by atoms with Crippen LogP contribution in [0.2, 0.25) is 0 Å². The number of hydrogen-bond donors (Lipinski definition) is 1. The van der Waals surface area contributed by atoms with Gasteiger partial charge < -0.3 is 15.2 Å². The Bertz CT molecular complexity index is 145. The van der Waals surface area contributed by atoms with E-state index in [4.69, 9.17) is 15.2 Å². The third-order valence-corrected chi connectivity index (χ3v) is 2.79. The van der Waals surface area contributed by atoms with Crippen molar-refractivity contribution in [3.63, 3.8) is 0 Å². The molecule has 0 heterocycles. The molecule has 0 radical (unpaired) electrons. The Balaban J connectivity index is 4.18. The average Bonchev–Trinajstić information content (AvgIpc) is 2.24. The van der Waals surface area contributed by atoms with Crippen molar-refractivity contribution in [3.8, 4) is 0 Å². The summed E-state index contributed by atoms with van der Waals surface area (Å²) in [6.07, 6.45) is 0. The number of methoxy groups -OCH3 is 2. The maximum Gasteiger partial charge on any atom is 0.0589 e. The summed E-state index contributed by atoms with van der Waals surface area (Å²) in [6.45, 7) is 8.44. The minimum atomic E-state index is 0.380. The van der Waals surface area contributed by atoms with Gasteiger partial charge in [0.25, 0.3) is 0 Å². The van der Waals surface area contributed by atoms with Gasteiger partial charge in [-0.3, -0.25) is 4.90 Å². The Kier molecular flexibility index (Phi) is 9.00. The molecule has 0 saturated heterocycles. The lowest BCUT2D eigenvalue weighted by atomic mass is 10.0. The van der Waals surface area contributed by atoms with Crippen LogP contribution >= 0.6 is 0 Å².